The Morgan fingerprint density at radius 1 is 1.24 bits per heavy atom. The van der Waals surface area contributed by atoms with E-state index in [4.69, 9.17) is 0 Å². The zero-order chi connectivity index (χ0) is 21.2. The van der Waals surface area contributed by atoms with Gasteiger partial charge in [-0.05, 0) is 32.6 Å². The fraction of sp³-hybridized carbons (Fsp3) is 0.571. The van der Waals surface area contributed by atoms with Crippen molar-refractivity contribution in [2.75, 3.05) is 31.1 Å². The maximum Gasteiger partial charge on any atom is 0.327 e. The number of hydrogen-bond donors (Lipinski definition) is 0. The van der Waals surface area contributed by atoms with Crippen molar-refractivity contribution in [3.05, 3.63) is 29.7 Å². The van der Waals surface area contributed by atoms with E-state index in [-0.39, 0.29) is 23.6 Å². The molecule has 2 fully saturated rings. The van der Waals surface area contributed by atoms with Crippen LogP contribution in [-0.2, 0) is 4.79 Å². The van der Waals surface area contributed by atoms with Crippen molar-refractivity contribution in [1.82, 2.24) is 19.8 Å². The van der Waals surface area contributed by atoms with Crippen molar-refractivity contribution in [3.8, 4) is 6.07 Å². The van der Waals surface area contributed by atoms with E-state index >= 15 is 0 Å². The van der Waals surface area contributed by atoms with Crippen LogP contribution in [0.2, 0.25) is 0 Å². The van der Waals surface area contributed by atoms with Crippen LogP contribution < -0.4 is 4.90 Å². The third-order valence-corrected chi connectivity index (χ3v) is 5.53. The van der Waals surface area contributed by atoms with Gasteiger partial charge in [-0.1, -0.05) is 25.5 Å². The lowest BCUT2D eigenvalue weighted by molar-refractivity contribution is -0.134. The lowest BCUT2D eigenvalue weighted by atomic mass is 9.85. The molecule has 8 heteroatoms. The van der Waals surface area contributed by atoms with E-state index in [0.717, 1.165) is 5.57 Å². The molecule has 0 saturated carbocycles. The minimum atomic E-state index is -0.817. The van der Waals surface area contributed by atoms with Gasteiger partial charge in [0.05, 0.1) is 0 Å². The molecule has 0 radical (unpaired) electrons. The second kappa shape index (κ2) is 8.19. The van der Waals surface area contributed by atoms with Crippen molar-refractivity contribution < 1.29 is 9.59 Å². The van der Waals surface area contributed by atoms with Crippen LogP contribution in [0.3, 0.4) is 0 Å². The molecule has 0 aliphatic carbocycles. The summed E-state index contributed by atoms with van der Waals surface area (Å²) in [5.41, 5.74) is 0.535. The molecule has 2 aliphatic rings. The third kappa shape index (κ3) is 3.82. The number of nitrogens with zero attached hydrogens (tertiary/aromatic N) is 6. The molecular formula is C21H28N6O2. The Labute approximate surface area is 171 Å². The lowest BCUT2D eigenvalue weighted by Gasteiger charge is -2.43. The summed E-state index contributed by atoms with van der Waals surface area (Å²) in [6.07, 6.45) is 6.00. The van der Waals surface area contributed by atoms with E-state index in [2.05, 4.69) is 29.9 Å². The Morgan fingerprint density at radius 2 is 1.90 bits per heavy atom. The monoisotopic (exact) mass is 396 g/mol. The summed E-state index contributed by atoms with van der Waals surface area (Å²) in [7, 11) is 0. The van der Waals surface area contributed by atoms with Gasteiger partial charge in [0.15, 0.2) is 11.5 Å². The third-order valence-electron chi connectivity index (χ3n) is 5.53. The normalized spacial score (nSPS) is 18.6. The lowest BCUT2D eigenvalue weighted by Crippen LogP contribution is -2.57. The molecular weight excluding hydrogens is 368 g/mol. The van der Waals surface area contributed by atoms with E-state index in [1.54, 1.807) is 11.1 Å². The predicted molar refractivity (Wildman–Crippen MR) is 109 cm³/mol. The van der Waals surface area contributed by atoms with Gasteiger partial charge in [0.25, 0.3) is 5.91 Å². The van der Waals surface area contributed by atoms with Crippen molar-refractivity contribution in [2.45, 2.75) is 46.1 Å². The van der Waals surface area contributed by atoms with E-state index < -0.39 is 5.54 Å². The second-order valence-electron chi connectivity index (χ2n) is 8.34. The summed E-state index contributed by atoms with van der Waals surface area (Å²) in [5, 5.41) is 9.31. The van der Waals surface area contributed by atoms with Crippen LogP contribution in [0.5, 0.6) is 0 Å². The molecule has 2 saturated heterocycles. The predicted octanol–water partition coefficient (Wildman–Crippen LogP) is 2.57. The zero-order valence-corrected chi connectivity index (χ0v) is 17.6. The molecule has 0 N–H and O–H groups in total. The molecule has 8 nitrogen and oxygen atoms in total. The minimum Gasteiger partial charge on any atom is -0.354 e. The van der Waals surface area contributed by atoms with Gasteiger partial charge in [0.2, 0.25) is 0 Å². The van der Waals surface area contributed by atoms with E-state index in [0.29, 0.717) is 44.8 Å². The molecule has 3 amide bonds. The summed E-state index contributed by atoms with van der Waals surface area (Å²) in [5.74, 6) is 0.689. The van der Waals surface area contributed by atoms with Crippen molar-refractivity contribution >= 4 is 17.8 Å². The number of allylic oxidation sites excluding steroid dienone is 1. The van der Waals surface area contributed by atoms with E-state index in [9.17, 15) is 14.9 Å². The molecule has 1 spiro atoms. The fourth-order valence-electron chi connectivity index (χ4n) is 4.05. The first-order valence-electron chi connectivity index (χ1n) is 10.0. The van der Waals surface area contributed by atoms with Gasteiger partial charge in [-0.3, -0.25) is 9.69 Å². The number of imide groups is 1. The van der Waals surface area contributed by atoms with Crippen molar-refractivity contribution in [2.24, 2.45) is 5.92 Å². The molecule has 1 aromatic heterocycles. The Bertz CT molecular complexity index is 860. The molecule has 154 valence electrons. The Morgan fingerprint density at radius 3 is 2.48 bits per heavy atom. The highest BCUT2D eigenvalue weighted by Gasteiger charge is 2.57. The zero-order valence-electron chi connectivity index (χ0n) is 17.6. The maximum absolute atomic E-state index is 13.4. The Balaban J connectivity index is 1.87. The molecule has 0 atom stereocenters. The second-order valence-corrected chi connectivity index (χ2v) is 8.34. The van der Waals surface area contributed by atoms with Gasteiger partial charge in [0, 0.05) is 38.6 Å². The summed E-state index contributed by atoms with van der Waals surface area (Å²) >= 11 is 0. The van der Waals surface area contributed by atoms with Gasteiger partial charge in [0.1, 0.15) is 11.6 Å². The smallest absolute Gasteiger partial charge is 0.327 e. The van der Waals surface area contributed by atoms with Crippen LogP contribution in [0, 0.1) is 17.2 Å². The van der Waals surface area contributed by atoms with E-state index in [1.165, 1.54) is 11.1 Å². The summed E-state index contributed by atoms with van der Waals surface area (Å²) in [6.45, 7) is 9.95. The topological polar surface area (TPSA) is 93.4 Å². The number of aromatic nitrogens is 2. The number of carbonyl (C=O) groups is 2. The SMILES string of the molecule is CC(C)=CCN1C(=O)N(CC(C)C)C2(CCN(c3nccnc3C#N)CC2)C1=O. The highest BCUT2D eigenvalue weighted by molar-refractivity contribution is 6.07. The molecule has 0 bridgehead atoms. The summed E-state index contributed by atoms with van der Waals surface area (Å²) in [4.78, 5) is 40.1. The number of anilines is 1. The molecule has 3 rings (SSSR count). The number of amides is 3. The largest absolute Gasteiger partial charge is 0.354 e. The number of nitriles is 1. The number of urea groups is 1. The highest BCUT2D eigenvalue weighted by atomic mass is 16.2. The summed E-state index contributed by atoms with van der Waals surface area (Å²) < 4.78 is 0. The van der Waals surface area contributed by atoms with Gasteiger partial charge in [-0.2, -0.15) is 5.26 Å². The molecule has 0 aromatic carbocycles. The highest BCUT2D eigenvalue weighted by Crippen LogP contribution is 2.39. The van der Waals surface area contributed by atoms with Gasteiger partial charge >= 0.3 is 6.03 Å². The van der Waals surface area contributed by atoms with Gasteiger partial charge in [-0.25, -0.2) is 14.8 Å². The number of piperidine rings is 1. The molecule has 1 aromatic rings. The first kappa shape index (κ1) is 20.8. The van der Waals surface area contributed by atoms with Crippen LogP contribution in [0.1, 0.15) is 46.2 Å². The van der Waals surface area contributed by atoms with Gasteiger partial charge < -0.3 is 9.80 Å². The van der Waals surface area contributed by atoms with Crippen molar-refractivity contribution in [1.29, 1.82) is 5.26 Å². The van der Waals surface area contributed by atoms with Crippen LogP contribution in [0.4, 0.5) is 10.6 Å². The first-order chi connectivity index (χ1) is 13.8. The Kier molecular flexibility index (Phi) is 5.87. The quantitative estimate of drug-likeness (QED) is 0.561. The number of rotatable bonds is 5. The maximum atomic E-state index is 13.4. The average molecular weight is 396 g/mol. The van der Waals surface area contributed by atoms with Crippen LogP contribution >= 0.6 is 0 Å². The standard InChI is InChI=1S/C21H28N6O2/c1-15(2)5-10-26-19(28)21(27(20(26)29)14-16(3)4)6-11-25(12-7-21)18-17(13-22)23-8-9-24-18/h5,8-9,16H,6-7,10-12,14H2,1-4H3. The molecule has 3 heterocycles. The molecule has 0 unspecified atom stereocenters. The Hall–Kier alpha value is -2.95. The average Bonchev–Trinajstić information content (AvgIpc) is 2.88. The van der Waals surface area contributed by atoms with Crippen molar-refractivity contribution in [3.63, 3.8) is 0 Å². The first-order valence-corrected chi connectivity index (χ1v) is 10.0. The van der Waals surface area contributed by atoms with Crippen LogP contribution in [0.25, 0.3) is 0 Å². The minimum absolute atomic E-state index is 0.111. The van der Waals surface area contributed by atoms with Gasteiger partial charge in [-0.15, -0.1) is 0 Å². The molecule has 29 heavy (non-hydrogen) atoms. The number of carbonyl (C=O) groups excluding carboxylic acids is 2. The summed E-state index contributed by atoms with van der Waals surface area (Å²) in [6, 6.07) is 1.88. The molecule has 2 aliphatic heterocycles. The van der Waals surface area contributed by atoms with Crippen LogP contribution in [0.15, 0.2) is 24.0 Å². The van der Waals surface area contributed by atoms with E-state index in [1.807, 2.05) is 24.8 Å². The van der Waals surface area contributed by atoms with Crippen LogP contribution in [-0.4, -0.2) is 63.4 Å². The number of hydrogen-bond acceptors (Lipinski definition) is 6. The fourth-order valence-corrected chi connectivity index (χ4v) is 4.05.